The lowest BCUT2D eigenvalue weighted by Crippen LogP contribution is -2.40. The third kappa shape index (κ3) is 5.65. The summed E-state index contributed by atoms with van der Waals surface area (Å²) in [5.74, 6) is -2.63. The minimum Gasteiger partial charge on any atom is -0.371 e. The van der Waals surface area contributed by atoms with Crippen molar-refractivity contribution in [2.24, 2.45) is 5.41 Å². The highest BCUT2D eigenvalue weighted by Crippen LogP contribution is 2.54. The van der Waals surface area contributed by atoms with Crippen LogP contribution in [0.2, 0.25) is 0 Å². The van der Waals surface area contributed by atoms with Gasteiger partial charge in [-0.2, -0.15) is 0 Å². The molecule has 0 radical (unpaired) electrons. The highest BCUT2D eigenvalue weighted by Gasteiger charge is 2.44. The van der Waals surface area contributed by atoms with Crippen molar-refractivity contribution in [2.45, 2.75) is 51.4 Å². The van der Waals surface area contributed by atoms with Crippen LogP contribution in [0.5, 0.6) is 0 Å². The van der Waals surface area contributed by atoms with Crippen LogP contribution in [0.15, 0.2) is 30.3 Å². The molecule has 1 saturated carbocycles. The van der Waals surface area contributed by atoms with Gasteiger partial charge in [0.05, 0.1) is 17.8 Å². The Hall–Kier alpha value is -2.30. The number of halogens is 3. The third-order valence-corrected chi connectivity index (χ3v) is 8.49. The maximum atomic E-state index is 13.6. The van der Waals surface area contributed by atoms with Gasteiger partial charge in [0.25, 0.3) is 11.8 Å². The molecule has 6 nitrogen and oxygen atoms in total. The molecule has 2 aliphatic heterocycles. The summed E-state index contributed by atoms with van der Waals surface area (Å²) in [6.45, 7) is 3.91. The Kier molecular flexibility index (Phi) is 6.95. The van der Waals surface area contributed by atoms with E-state index < -0.39 is 5.92 Å². The first kappa shape index (κ1) is 25.4. The summed E-state index contributed by atoms with van der Waals surface area (Å²) < 4.78 is 28.2. The first-order chi connectivity index (χ1) is 17.1. The summed E-state index contributed by atoms with van der Waals surface area (Å²) in [4.78, 5) is 34.7. The minimum atomic E-state index is -2.65. The van der Waals surface area contributed by atoms with Crippen molar-refractivity contribution in [3.05, 3.63) is 50.7 Å². The lowest BCUT2D eigenvalue weighted by atomic mass is 9.93. The maximum absolute atomic E-state index is 13.6. The predicted molar refractivity (Wildman–Crippen MR) is 144 cm³/mol. The number of anilines is 2. The molecule has 2 saturated heterocycles. The Morgan fingerprint density at radius 2 is 1.64 bits per heavy atom. The molecule has 36 heavy (non-hydrogen) atoms. The van der Waals surface area contributed by atoms with Gasteiger partial charge in [-0.25, -0.2) is 13.8 Å². The molecular formula is C27H31F2IN4O2. The number of hydrogen-bond acceptors (Lipinski definition) is 5. The zero-order chi connectivity index (χ0) is 25.5. The van der Waals surface area contributed by atoms with E-state index in [-0.39, 0.29) is 44.2 Å². The molecule has 3 aliphatic rings. The Morgan fingerprint density at radius 1 is 0.972 bits per heavy atom. The zero-order valence-electron chi connectivity index (χ0n) is 20.5. The molecule has 192 valence electrons. The number of rotatable bonds is 6. The van der Waals surface area contributed by atoms with E-state index in [1.54, 1.807) is 24.0 Å². The second-order valence-corrected chi connectivity index (χ2v) is 11.7. The van der Waals surface area contributed by atoms with E-state index in [4.69, 9.17) is 0 Å². The molecule has 5 rings (SSSR count). The summed E-state index contributed by atoms with van der Waals surface area (Å²) in [5.41, 5.74) is 3.10. The number of ketones is 1. The van der Waals surface area contributed by atoms with Crippen LogP contribution in [-0.4, -0.2) is 55.3 Å². The van der Waals surface area contributed by atoms with Crippen LogP contribution < -0.4 is 15.1 Å². The van der Waals surface area contributed by atoms with E-state index in [2.05, 4.69) is 37.8 Å². The summed E-state index contributed by atoms with van der Waals surface area (Å²) >= 11 is 2.26. The van der Waals surface area contributed by atoms with E-state index in [1.807, 2.05) is 18.2 Å². The number of pyridine rings is 1. The molecule has 1 N–H and O–H groups in total. The Morgan fingerprint density at radius 3 is 2.31 bits per heavy atom. The van der Waals surface area contributed by atoms with Crippen LogP contribution in [0.4, 0.5) is 20.3 Å². The number of nitrogens with zero attached hydrogens (tertiary/aromatic N) is 3. The molecule has 0 atom stereocenters. The van der Waals surface area contributed by atoms with Crippen molar-refractivity contribution < 1.29 is 18.4 Å². The minimum absolute atomic E-state index is 0.145. The average molecular weight is 608 g/mol. The molecule has 3 fully saturated rings. The molecule has 9 heteroatoms. The van der Waals surface area contributed by atoms with Gasteiger partial charge in [0.15, 0.2) is 5.78 Å². The second kappa shape index (κ2) is 9.87. The maximum Gasteiger partial charge on any atom is 0.253 e. The number of nitrogens with one attached hydrogen (secondary N) is 1. The second-order valence-electron chi connectivity index (χ2n) is 10.5. The molecule has 2 aromatic rings. The Bertz CT molecular complexity index is 1160. The van der Waals surface area contributed by atoms with Crippen LogP contribution in [-0.2, 0) is 0 Å². The van der Waals surface area contributed by atoms with Crippen molar-refractivity contribution in [3.8, 4) is 0 Å². The Labute approximate surface area is 224 Å². The number of piperidine rings is 2. The van der Waals surface area contributed by atoms with Crippen LogP contribution in [0.25, 0.3) is 0 Å². The number of hydrogen-bond donors (Lipinski definition) is 1. The van der Waals surface area contributed by atoms with Crippen LogP contribution in [0.3, 0.4) is 0 Å². The van der Waals surface area contributed by atoms with Gasteiger partial charge < -0.3 is 15.1 Å². The molecule has 1 spiro atoms. The zero-order valence-corrected chi connectivity index (χ0v) is 22.6. The summed E-state index contributed by atoms with van der Waals surface area (Å²) in [7, 11) is 0. The predicted octanol–water partition coefficient (Wildman–Crippen LogP) is 5.22. The summed E-state index contributed by atoms with van der Waals surface area (Å²) in [6, 6.07) is 9.10. The summed E-state index contributed by atoms with van der Waals surface area (Å²) in [5, 5.41) is 2.80. The SMILES string of the molecule is Cc1cc(C(=O)CNC(=O)c2ccc(I)cc2N2CCC3(CC2)CC3)cc(N2CCC(F)(F)CC2)n1. The van der Waals surface area contributed by atoms with Gasteiger partial charge in [0, 0.05) is 53.8 Å². The van der Waals surface area contributed by atoms with Crippen LogP contribution >= 0.6 is 22.6 Å². The van der Waals surface area contributed by atoms with Gasteiger partial charge in [-0.15, -0.1) is 0 Å². The van der Waals surface area contributed by atoms with Gasteiger partial charge in [0.1, 0.15) is 5.82 Å². The monoisotopic (exact) mass is 608 g/mol. The quantitative estimate of drug-likeness (QED) is 0.360. The Balaban J connectivity index is 1.25. The highest BCUT2D eigenvalue weighted by molar-refractivity contribution is 14.1. The van der Waals surface area contributed by atoms with E-state index in [0.29, 0.717) is 28.1 Å². The number of Topliss-reactive ketones (excluding diaryl/α,β-unsaturated/α-hetero) is 1. The number of aromatic nitrogens is 1. The molecule has 1 amide bonds. The van der Waals surface area contributed by atoms with Crippen molar-refractivity contribution in [3.63, 3.8) is 0 Å². The normalized spacial score (nSPS) is 20.3. The van der Waals surface area contributed by atoms with Gasteiger partial charge in [-0.05, 0) is 90.9 Å². The largest absolute Gasteiger partial charge is 0.371 e. The molecule has 1 aromatic heterocycles. The lowest BCUT2D eigenvalue weighted by molar-refractivity contribution is -0.0221. The van der Waals surface area contributed by atoms with Gasteiger partial charge >= 0.3 is 0 Å². The fourth-order valence-corrected chi connectivity index (χ4v) is 5.73. The van der Waals surface area contributed by atoms with E-state index in [1.165, 1.54) is 12.8 Å². The molecule has 1 aliphatic carbocycles. The number of carbonyl (C=O) groups is 2. The fourth-order valence-electron chi connectivity index (χ4n) is 5.25. The smallest absolute Gasteiger partial charge is 0.253 e. The first-order valence-corrected chi connectivity index (χ1v) is 13.7. The van der Waals surface area contributed by atoms with Gasteiger partial charge in [0.2, 0.25) is 0 Å². The average Bonchev–Trinajstić information content (AvgIpc) is 3.61. The number of aryl methyl sites for hydroxylation is 1. The van der Waals surface area contributed by atoms with Crippen molar-refractivity contribution in [2.75, 3.05) is 42.5 Å². The molecule has 3 heterocycles. The number of alkyl halides is 2. The van der Waals surface area contributed by atoms with Crippen molar-refractivity contribution in [1.82, 2.24) is 10.3 Å². The highest BCUT2D eigenvalue weighted by atomic mass is 127. The third-order valence-electron chi connectivity index (χ3n) is 7.82. The molecule has 0 bridgehead atoms. The van der Waals surface area contributed by atoms with Crippen LogP contribution in [0.1, 0.15) is 64.9 Å². The van der Waals surface area contributed by atoms with Crippen molar-refractivity contribution in [1.29, 1.82) is 0 Å². The molecule has 1 aromatic carbocycles. The first-order valence-electron chi connectivity index (χ1n) is 12.6. The number of amides is 1. The van der Waals surface area contributed by atoms with Crippen molar-refractivity contribution >= 4 is 45.8 Å². The topological polar surface area (TPSA) is 65.5 Å². The fraction of sp³-hybridized carbons (Fsp3) is 0.519. The molecular weight excluding hydrogens is 577 g/mol. The van der Waals surface area contributed by atoms with E-state index in [9.17, 15) is 18.4 Å². The number of benzene rings is 1. The number of carbonyl (C=O) groups excluding carboxylic acids is 2. The van der Waals surface area contributed by atoms with Crippen LogP contribution in [0, 0.1) is 15.9 Å². The lowest BCUT2D eigenvalue weighted by Gasteiger charge is -2.35. The standard InChI is InChI=1S/C27H31F2IN4O2/c1-18-14-19(15-24(32-18)34-12-8-27(28,29)9-13-34)23(35)17-31-25(36)21-3-2-20(30)16-22(21)33-10-6-26(4-5-26)7-11-33/h2-3,14-16H,4-13,17H2,1H3,(H,31,36). The van der Waals surface area contributed by atoms with E-state index in [0.717, 1.165) is 35.2 Å². The summed E-state index contributed by atoms with van der Waals surface area (Å²) in [6.07, 6.45) is 4.52. The molecule has 0 unspecified atom stereocenters. The van der Waals surface area contributed by atoms with Gasteiger partial charge in [-0.3, -0.25) is 9.59 Å². The van der Waals surface area contributed by atoms with Gasteiger partial charge in [-0.1, -0.05) is 0 Å². The van der Waals surface area contributed by atoms with E-state index >= 15 is 0 Å².